The molecule has 2 rings (SSSR count). The molecule has 112 valence electrons. The molecule has 0 bridgehead atoms. The summed E-state index contributed by atoms with van der Waals surface area (Å²) in [7, 11) is 0. The van der Waals surface area contributed by atoms with Gasteiger partial charge in [-0.15, -0.1) is 10.2 Å². The van der Waals surface area contributed by atoms with Crippen molar-refractivity contribution in [2.24, 2.45) is 0 Å². The van der Waals surface area contributed by atoms with Crippen LogP contribution in [0.3, 0.4) is 0 Å². The van der Waals surface area contributed by atoms with E-state index < -0.39 is 0 Å². The Labute approximate surface area is 128 Å². The second-order valence-corrected chi connectivity index (χ2v) is 7.32. The van der Waals surface area contributed by atoms with Crippen molar-refractivity contribution >= 4 is 34.1 Å². The maximum Gasteiger partial charge on any atom is 0.233 e. The summed E-state index contributed by atoms with van der Waals surface area (Å²) >= 11 is 2.99. The zero-order chi connectivity index (χ0) is 14.5. The van der Waals surface area contributed by atoms with Gasteiger partial charge >= 0.3 is 0 Å². The van der Waals surface area contributed by atoms with Gasteiger partial charge in [-0.2, -0.15) is 0 Å². The van der Waals surface area contributed by atoms with Gasteiger partial charge in [0, 0.05) is 18.6 Å². The zero-order valence-electron chi connectivity index (χ0n) is 12.3. The number of rotatable bonds is 5. The van der Waals surface area contributed by atoms with Crippen LogP contribution in [0.4, 0.5) is 5.13 Å². The summed E-state index contributed by atoms with van der Waals surface area (Å²) in [5.74, 6) is 0.671. The van der Waals surface area contributed by atoms with E-state index in [-0.39, 0.29) is 5.91 Å². The lowest BCUT2D eigenvalue weighted by atomic mass is 9.98. The lowest BCUT2D eigenvalue weighted by Crippen LogP contribution is -2.48. The minimum atomic E-state index is 0.218. The van der Waals surface area contributed by atoms with E-state index in [2.05, 4.69) is 29.4 Å². The lowest BCUT2D eigenvalue weighted by molar-refractivity contribution is -0.134. The fourth-order valence-electron chi connectivity index (χ4n) is 2.60. The van der Waals surface area contributed by atoms with Gasteiger partial charge in [-0.3, -0.25) is 4.79 Å². The molecule has 1 saturated heterocycles. The van der Waals surface area contributed by atoms with Gasteiger partial charge in [0.25, 0.3) is 0 Å². The molecule has 1 N–H and O–H groups in total. The number of carbonyl (C=O) groups is 1. The maximum absolute atomic E-state index is 12.4. The van der Waals surface area contributed by atoms with Gasteiger partial charge in [-0.05, 0) is 40.0 Å². The Morgan fingerprint density at radius 2 is 2.10 bits per heavy atom. The molecule has 5 nitrogen and oxygen atoms in total. The number of carbonyl (C=O) groups excluding carboxylic acids is 1. The van der Waals surface area contributed by atoms with Crippen LogP contribution in [0.2, 0.25) is 0 Å². The molecule has 0 aromatic carbocycles. The number of hydrogen-bond donors (Lipinski definition) is 1. The molecule has 7 heteroatoms. The molecule has 1 amide bonds. The average Bonchev–Trinajstić information content (AvgIpc) is 2.84. The number of anilines is 1. The Bertz CT molecular complexity index is 441. The number of likely N-dealkylation sites (tertiary alicyclic amines) is 1. The fourth-order valence-corrected chi connectivity index (χ4v) is 4.29. The topological polar surface area (TPSA) is 58.1 Å². The SMILES string of the molecule is CCNc1nnc(SCC(=O)N2[C@H](C)CCC[C@@H]2C)s1. The molecule has 20 heavy (non-hydrogen) atoms. The second kappa shape index (κ2) is 7.26. The Morgan fingerprint density at radius 1 is 1.40 bits per heavy atom. The first-order valence-electron chi connectivity index (χ1n) is 7.13. The maximum atomic E-state index is 12.4. The van der Waals surface area contributed by atoms with Crippen molar-refractivity contribution in [2.75, 3.05) is 17.6 Å². The Balaban J connectivity index is 1.87. The molecule has 0 aliphatic carbocycles. The van der Waals surface area contributed by atoms with E-state index in [1.54, 1.807) is 0 Å². The molecule has 2 atom stereocenters. The van der Waals surface area contributed by atoms with Crippen LogP contribution in [0, 0.1) is 0 Å². The molecule has 1 aliphatic heterocycles. The smallest absolute Gasteiger partial charge is 0.233 e. The molecule has 0 spiro atoms. The number of nitrogens with one attached hydrogen (secondary N) is 1. The summed E-state index contributed by atoms with van der Waals surface area (Å²) in [5.41, 5.74) is 0. The van der Waals surface area contributed by atoms with Crippen LogP contribution in [-0.2, 0) is 4.79 Å². The largest absolute Gasteiger partial charge is 0.360 e. The molecular weight excluding hydrogens is 292 g/mol. The summed E-state index contributed by atoms with van der Waals surface area (Å²) in [6.07, 6.45) is 3.45. The van der Waals surface area contributed by atoms with E-state index >= 15 is 0 Å². The van der Waals surface area contributed by atoms with Gasteiger partial charge in [0.15, 0.2) is 4.34 Å². The van der Waals surface area contributed by atoms with Crippen molar-refractivity contribution < 1.29 is 4.79 Å². The van der Waals surface area contributed by atoms with E-state index in [1.165, 1.54) is 29.5 Å². The van der Waals surface area contributed by atoms with Crippen LogP contribution in [0.1, 0.15) is 40.0 Å². The second-order valence-electron chi connectivity index (χ2n) is 5.12. The predicted molar refractivity (Wildman–Crippen MR) is 84.4 cm³/mol. The number of aromatic nitrogens is 2. The molecule has 1 aromatic heterocycles. The van der Waals surface area contributed by atoms with Crippen LogP contribution >= 0.6 is 23.1 Å². The number of amides is 1. The van der Waals surface area contributed by atoms with E-state index in [1.807, 2.05) is 11.8 Å². The van der Waals surface area contributed by atoms with Crippen LogP contribution < -0.4 is 5.32 Å². The van der Waals surface area contributed by atoms with Gasteiger partial charge in [0.05, 0.1) is 5.75 Å². The summed E-state index contributed by atoms with van der Waals surface area (Å²) in [4.78, 5) is 14.4. The zero-order valence-corrected chi connectivity index (χ0v) is 13.9. The minimum Gasteiger partial charge on any atom is -0.360 e. The molecule has 2 heterocycles. The fraction of sp³-hybridized carbons (Fsp3) is 0.769. The first kappa shape index (κ1) is 15.6. The Kier molecular flexibility index (Phi) is 5.65. The predicted octanol–water partition coefficient (Wildman–Crippen LogP) is 2.85. The van der Waals surface area contributed by atoms with Crippen molar-refractivity contribution in [1.29, 1.82) is 0 Å². The van der Waals surface area contributed by atoms with Gasteiger partial charge < -0.3 is 10.2 Å². The quantitative estimate of drug-likeness (QED) is 0.847. The molecule has 0 radical (unpaired) electrons. The highest BCUT2D eigenvalue weighted by molar-refractivity contribution is 8.01. The van der Waals surface area contributed by atoms with E-state index in [0.717, 1.165) is 28.9 Å². The summed E-state index contributed by atoms with van der Waals surface area (Å²) in [6.45, 7) is 7.15. The number of nitrogens with zero attached hydrogens (tertiary/aromatic N) is 3. The summed E-state index contributed by atoms with van der Waals surface area (Å²) < 4.78 is 0.853. The highest BCUT2D eigenvalue weighted by atomic mass is 32.2. The first-order chi connectivity index (χ1) is 9.61. The third kappa shape index (κ3) is 3.85. The van der Waals surface area contributed by atoms with Gasteiger partial charge in [0.1, 0.15) is 0 Å². The number of piperidine rings is 1. The number of hydrogen-bond acceptors (Lipinski definition) is 6. The monoisotopic (exact) mass is 314 g/mol. The minimum absolute atomic E-state index is 0.218. The van der Waals surface area contributed by atoms with Crippen molar-refractivity contribution in [3.05, 3.63) is 0 Å². The van der Waals surface area contributed by atoms with E-state index in [4.69, 9.17) is 0 Å². The molecule has 1 fully saturated rings. The molecular formula is C13H22N4OS2. The third-order valence-electron chi connectivity index (χ3n) is 3.54. The molecule has 0 unspecified atom stereocenters. The van der Waals surface area contributed by atoms with Crippen molar-refractivity contribution in [3.8, 4) is 0 Å². The molecule has 1 aromatic rings. The van der Waals surface area contributed by atoms with E-state index in [9.17, 15) is 4.79 Å². The molecule has 0 saturated carbocycles. The third-order valence-corrected chi connectivity index (χ3v) is 5.53. The number of thioether (sulfide) groups is 1. The van der Waals surface area contributed by atoms with Crippen LogP contribution in [0.15, 0.2) is 4.34 Å². The van der Waals surface area contributed by atoms with Crippen LogP contribution in [0.5, 0.6) is 0 Å². The lowest BCUT2D eigenvalue weighted by Gasteiger charge is -2.39. The molecule has 1 aliphatic rings. The highest BCUT2D eigenvalue weighted by Crippen LogP contribution is 2.28. The van der Waals surface area contributed by atoms with Crippen LogP contribution in [0.25, 0.3) is 0 Å². The van der Waals surface area contributed by atoms with E-state index in [0.29, 0.717) is 17.8 Å². The van der Waals surface area contributed by atoms with Crippen LogP contribution in [-0.4, -0.2) is 45.4 Å². The average molecular weight is 314 g/mol. The Morgan fingerprint density at radius 3 is 2.75 bits per heavy atom. The van der Waals surface area contributed by atoms with Crippen molar-refractivity contribution in [1.82, 2.24) is 15.1 Å². The summed E-state index contributed by atoms with van der Waals surface area (Å²) in [5, 5.41) is 12.1. The summed E-state index contributed by atoms with van der Waals surface area (Å²) in [6, 6.07) is 0.720. The highest BCUT2D eigenvalue weighted by Gasteiger charge is 2.28. The van der Waals surface area contributed by atoms with Crippen molar-refractivity contribution in [2.45, 2.75) is 56.5 Å². The van der Waals surface area contributed by atoms with Gasteiger partial charge in [-0.1, -0.05) is 23.1 Å². The standard InChI is InChI=1S/C13H22N4OS2/c1-4-14-12-15-16-13(20-12)19-8-11(18)17-9(2)6-5-7-10(17)3/h9-10H,4-8H2,1-3H3,(H,14,15)/t9-,10+. The normalized spacial score (nSPS) is 22.9. The van der Waals surface area contributed by atoms with Crippen molar-refractivity contribution in [3.63, 3.8) is 0 Å². The Hall–Kier alpha value is -0.820. The van der Waals surface area contributed by atoms with Gasteiger partial charge in [0.2, 0.25) is 11.0 Å². The van der Waals surface area contributed by atoms with Gasteiger partial charge in [-0.25, -0.2) is 0 Å². The first-order valence-corrected chi connectivity index (χ1v) is 8.93.